The summed E-state index contributed by atoms with van der Waals surface area (Å²) >= 11 is 0. The summed E-state index contributed by atoms with van der Waals surface area (Å²) < 4.78 is 68.8. The topological polar surface area (TPSA) is 111 Å². The van der Waals surface area contributed by atoms with Crippen molar-refractivity contribution in [1.82, 2.24) is 0 Å². The van der Waals surface area contributed by atoms with E-state index in [1.54, 1.807) is 20.8 Å². The molecule has 0 rings (SSSR count). The van der Waals surface area contributed by atoms with Crippen LogP contribution in [0.3, 0.4) is 0 Å². The van der Waals surface area contributed by atoms with Gasteiger partial charge in [-0.2, -0.15) is 0 Å². The van der Waals surface area contributed by atoms with Gasteiger partial charge in [0.25, 0.3) is 0 Å². The Kier molecular flexibility index (Phi) is 19.1. The van der Waals surface area contributed by atoms with E-state index in [1.165, 1.54) is 21.3 Å². The van der Waals surface area contributed by atoms with E-state index in [2.05, 4.69) is 0 Å². The zero-order chi connectivity index (χ0) is 25.9. The minimum atomic E-state index is -2.42. The van der Waals surface area contributed by atoms with Gasteiger partial charge in [-0.3, -0.25) is 13.6 Å². The third-order valence-electron chi connectivity index (χ3n) is 4.12. The lowest BCUT2D eigenvalue weighted by atomic mass is 10.6. The molecular formula is C21H45O12P. The summed E-state index contributed by atoms with van der Waals surface area (Å²) in [6, 6.07) is 0. The number of rotatable bonds is 24. The van der Waals surface area contributed by atoms with Gasteiger partial charge in [-0.25, -0.2) is 0 Å². The van der Waals surface area contributed by atoms with Gasteiger partial charge in [0, 0.05) is 61.0 Å². The van der Waals surface area contributed by atoms with Gasteiger partial charge in [0.2, 0.25) is 0 Å². The first-order chi connectivity index (χ1) is 16.3. The smallest absolute Gasteiger partial charge is 0.346 e. The van der Waals surface area contributed by atoms with Gasteiger partial charge in [-0.1, -0.05) is 0 Å². The Hall–Kier alpha value is -0.0500. The Labute approximate surface area is 205 Å². The van der Waals surface area contributed by atoms with Crippen LogP contribution in [0.2, 0.25) is 0 Å². The molecule has 0 fully saturated rings. The monoisotopic (exact) mass is 520 g/mol. The normalized spacial score (nSPS) is 18.3. The molecule has 0 radical (unpaired) electrons. The minimum absolute atomic E-state index is 0.0699. The highest BCUT2D eigenvalue weighted by Gasteiger charge is 2.48. The first-order valence-corrected chi connectivity index (χ1v) is 12.6. The van der Waals surface area contributed by atoms with Crippen LogP contribution in [0.15, 0.2) is 0 Å². The Morgan fingerprint density at radius 2 is 0.706 bits per heavy atom. The van der Waals surface area contributed by atoms with Crippen molar-refractivity contribution in [2.24, 2.45) is 0 Å². The number of ether oxygens (including phenoxy) is 9. The molecular weight excluding hydrogens is 475 g/mol. The van der Waals surface area contributed by atoms with Gasteiger partial charge in [-0.15, -0.1) is 0 Å². The quantitative estimate of drug-likeness (QED) is 0.137. The second-order valence-electron chi connectivity index (χ2n) is 6.37. The summed E-state index contributed by atoms with van der Waals surface area (Å²) in [6.45, 7) is 12.6. The van der Waals surface area contributed by atoms with Crippen molar-refractivity contribution >= 4 is 8.60 Å². The van der Waals surface area contributed by atoms with Crippen molar-refractivity contribution in [3.05, 3.63) is 0 Å². The molecule has 0 saturated carbocycles. The van der Waals surface area contributed by atoms with Crippen LogP contribution < -0.4 is 0 Å². The minimum Gasteiger partial charge on any atom is -0.373 e. The fraction of sp³-hybridized carbons (Fsp3) is 1.00. The van der Waals surface area contributed by atoms with E-state index in [0.717, 1.165) is 0 Å². The number of methoxy groups -OCH3 is 3. The highest BCUT2D eigenvalue weighted by atomic mass is 31.2. The van der Waals surface area contributed by atoms with Gasteiger partial charge in [0.05, 0.1) is 0 Å². The lowest BCUT2D eigenvalue weighted by Gasteiger charge is -2.40. The Bertz CT molecular complexity index is 424. The predicted molar refractivity (Wildman–Crippen MR) is 124 cm³/mol. The summed E-state index contributed by atoms with van der Waals surface area (Å²) in [5.74, 6) is -4.98. The van der Waals surface area contributed by atoms with Crippen LogP contribution in [0.1, 0.15) is 41.5 Å². The van der Waals surface area contributed by atoms with Crippen molar-refractivity contribution < 1.29 is 56.2 Å². The van der Waals surface area contributed by atoms with Crippen LogP contribution in [0.5, 0.6) is 0 Å². The number of hydrogen-bond acceptors (Lipinski definition) is 12. The summed E-state index contributed by atoms with van der Waals surface area (Å²) in [5, 5.41) is 0. The molecule has 0 aromatic heterocycles. The van der Waals surface area contributed by atoms with E-state index < -0.39 is 26.5 Å². The molecule has 0 saturated heterocycles. The van der Waals surface area contributed by atoms with E-state index in [4.69, 9.17) is 56.2 Å². The predicted octanol–water partition coefficient (Wildman–Crippen LogP) is 3.38. The van der Waals surface area contributed by atoms with Gasteiger partial charge >= 0.3 is 26.5 Å². The summed E-state index contributed by atoms with van der Waals surface area (Å²) in [6.07, 6.45) is 0. The molecule has 0 bridgehead atoms. The van der Waals surface area contributed by atoms with Gasteiger partial charge < -0.3 is 42.6 Å². The Balaban J connectivity index is 6.26. The lowest BCUT2D eigenvalue weighted by Crippen LogP contribution is -2.48. The largest absolute Gasteiger partial charge is 0.373 e. The van der Waals surface area contributed by atoms with E-state index in [-0.39, 0.29) is 39.6 Å². The molecule has 3 atom stereocenters. The molecule has 206 valence electrons. The van der Waals surface area contributed by atoms with Crippen molar-refractivity contribution in [2.75, 3.05) is 80.8 Å². The zero-order valence-corrected chi connectivity index (χ0v) is 23.1. The molecule has 0 aromatic rings. The van der Waals surface area contributed by atoms with E-state index in [9.17, 15) is 0 Å². The van der Waals surface area contributed by atoms with Gasteiger partial charge in [-0.05, 0) is 41.5 Å². The Morgan fingerprint density at radius 3 is 0.882 bits per heavy atom. The molecule has 0 aromatic carbocycles. The van der Waals surface area contributed by atoms with Crippen molar-refractivity contribution in [3.63, 3.8) is 0 Å². The first-order valence-electron chi connectivity index (χ1n) is 11.5. The van der Waals surface area contributed by atoms with Crippen molar-refractivity contribution in [2.45, 2.75) is 59.5 Å². The van der Waals surface area contributed by atoms with Crippen LogP contribution in [-0.2, 0) is 56.2 Å². The lowest BCUT2D eigenvalue weighted by molar-refractivity contribution is -0.393. The van der Waals surface area contributed by atoms with Gasteiger partial charge in [0.1, 0.15) is 19.8 Å². The highest BCUT2D eigenvalue weighted by Crippen LogP contribution is 2.52. The molecule has 13 heteroatoms. The zero-order valence-electron chi connectivity index (χ0n) is 22.2. The molecule has 12 nitrogen and oxygen atoms in total. The first kappa shape index (κ1) is 34.0. The van der Waals surface area contributed by atoms with Crippen LogP contribution in [0, 0.1) is 0 Å². The summed E-state index contributed by atoms with van der Waals surface area (Å²) in [7, 11) is 1.84. The van der Waals surface area contributed by atoms with Crippen molar-refractivity contribution in [3.8, 4) is 0 Å². The molecule has 0 N–H and O–H groups in total. The number of hydrogen-bond donors (Lipinski definition) is 0. The second-order valence-corrected chi connectivity index (χ2v) is 7.36. The molecule has 0 aliphatic heterocycles. The maximum absolute atomic E-state index is 6.12. The molecule has 0 aliphatic carbocycles. The van der Waals surface area contributed by atoms with Crippen LogP contribution in [-0.4, -0.2) is 98.7 Å². The third-order valence-corrected chi connectivity index (χ3v) is 5.40. The van der Waals surface area contributed by atoms with E-state index >= 15 is 0 Å². The molecule has 0 heterocycles. The molecule has 0 amide bonds. The fourth-order valence-electron chi connectivity index (χ4n) is 2.49. The van der Waals surface area contributed by atoms with E-state index in [0.29, 0.717) is 19.8 Å². The van der Waals surface area contributed by atoms with Crippen LogP contribution in [0.4, 0.5) is 0 Å². The van der Waals surface area contributed by atoms with Crippen LogP contribution in [0.25, 0.3) is 0 Å². The SMILES string of the molecule is CCOCC(OC)(OCC)OP(OC(COCC)(OC)OCC)OC(COCC)(OC)OCC. The van der Waals surface area contributed by atoms with Crippen LogP contribution >= 0.6 is 8.60 Å². The highest BCUT2D eigenvalue weighted by molar-refractivity contribution is 7.41. The van der Waals surface area contributed by atoms with Crippen molar-refractivity contribution in [1.29, 1.82) is 0 Å². The standard InChI is InChI=1S/C21H45O12P/c1-10-25-16-19(22-7,28-13-4)31-34(32-20(23-8,29-14-5)17-26-11-2)33-21(24-9,30-15-6)18-27-12-3/h10-18H2,1-9H3. The average Bonchev–Trinajstić information content (AvgIpc) is 2.84. The molecule has 0 aliphatic rings. The molecule has 3 unspecified atom stereocenters. The maximum Gasteiger partial charge on any atom is 0.346 e. The Morgan fingerprint density at radius 1 is 0.441 bits per heavy atom. The second kappa shape index (κ2) is 19.1. The fourth-order valence-corrected chi connectivity index (χ4v) is 3.82. The third kappa shape index (κ3) is 11.8. The summed E-state index contributed by atoms with van der Waals surface area (Å²) in [5.41, 5.74) is 0. The van der Waals surface area contributed by atoms with Gasteiger partial charge in [0.15, 0.2) is 0 Å². The molecule has 0 spiro atoms. The maximum atomic E-state index is 6.12. The van der Waals surface area contributed by atoms with E-state index in [1.807, 2.05) is 20.8 Å². The average molecular weight is 521 g/mol. The summed E-state index contributed by atoms with van der Waals surface area (Å²) in [4.78, 5) is 0. The molecule has 34 heavy (non-hydrogen) atoms.